The van der Waals surface area contributed by atoms with Crippen molar-refractivity contribution in [3.63, 3.8) is 0 Å². The Balaban J connectivity index is 2.13. The van der Waals surface area contributed by atoms with Crippen LogP contribution in [-0.4, -0.2) is 27.7 Å². The van der Waals surface area contributed by atoms with E-state index in [0.717, 1.165) is 43.0 Å². The van der Waals surface area contributed by atoms with Gasteiger partial charge in [-0.05, 0) is 25.5 Å². The maximum atomic E-state index is 6.19. The molecule has 2 rings (SSSR count). The van der Waals surface area contributed by atoms with Gasteiger partial charge in [-0.15, -0.1) is 11.6 Å². The second-order valence-corrected chi connectivity index (χ2v) is 5.20. The molecule has 0 bridgehead atoms. The van der Waals surface area contributed by atoms with Crippen LogP contribution in [0, 0.1) is 0 Å². The monoisotopic (exact) mass is 281 g/mol. The highest BCUT2D eigenvalue weighted by molar-refractivity contribution is 6.20. The zero-order valence-corrected chi connectivity index (χ0v) is 12.2. The fourth-order valence-corrected chi connectivity index (χ4v) is 2.17. The molecule has 0 saturated carbocycles. The summed E-state index contributed by atoms with van der Waals surface area (Å²) < 4.78 is 7.67. The van der Waals surface area contributed by atoms with Crippen molar-refractivity contribution in [2.24, 2.45) is 0 Å². The van der Waals surface area contributed by atoms with Crippen LogP contribution < -0.4 is 0 Å². The van der Waals surface area contributed by atoms with Crippen LogP contribution in [0.4, 0.5) is 0 Å². The third-order valence-corrected chi connectivity index (χ3v) is 3.19. The van der Waals surface area contributed by atoms with Gasteiger partial charge in [-0.25, -0.2) is 9.97 Å². The minimum Gasteiger partial charge on any atom is -0.380 e. The molecule has 0 spiro atoms. The van der Waals surface area contributed by atoms with E-state index in [1.807, 2.05) is 19.1 Å². The average molecular weight is 282 g/mol. The van der Waals surface area contributed by atoms with Gasteiger partial charge in [0, 0.05) is 19.3 Å². The Morgan fingerprint density at radius 3 is 3.00 bits per heavy atom. The zero-order valence-electron chi connectivity index (χ0n) is 11.5. The second kappa shape index (κ2) is 6.87. The van der Waals surface area contributed by atoms with E-state index in [1.54, 1.807) is 6.20 Å². The number of nitrogens with zero attached hydrogens (tertiary/aromatic N) is 3. The fraction of sp³-hybridized carbons (Fsp3) is 0.571. The number of hydrogen-bond acceptors (Lipinski definition) is 3. The van der Waals surface area contributed by atoms with Gasteiger partial charge in [-0.1, -0.05) is 13.3 Å². The van der Waals surface area contributed by atoms with Gasteiger partial charge < -0.3 is 9.30 Å². The molecule has 0 aromatic carbocycles. The summed E-state index contributed by atoms with van der Waals surface area (Å²) in [6.07, 6.45) is 4.03. The summed E-state index contributed by atoms with van der Waals surface area (Å²) in [7, 11) is 0. The molecule has 19 heavy (non-hydrogen) atoms. The van der Waals surface area contributed by atoms with Crippen molar-refractivity contribution >= 4 is 22.8 Å². The standard InChI is InChI=1S/C14H20ClN3O/c1-3-4-9-19-10-8-18-13(11(2)15)17-12-6-5-7-16-14(12)18/h5-7,11H,3-4,8-10H2,1-2H3. The number of alkyl halides is 1. The molecule has 0 aliphatic carbocycles. The molecule has 0 amide bonds. The van der Waals surface area contributed by atoms with E-state index in [4.69, 9.17) is 16.3 Å². The van der Waals surface area contributed by atoms with Crippen LogP contribution in [-0.2, 0) is 11.3 Å². The smallest absolute Gasteiger partial charge is 0.160 e. The van der Waals surface area contributed by atoms with E-state index in [9.17, 15) is 0 Å². The number of halogens is 1. The normalized spacial score (nSPS) is 13.0. The predicted molar refractivity (Wildman–Crippen MR) is 77.5 cm³/mol. The number of imidazole rings is 1. The highest BCUT2D eigenvalue weighted by atomic mass is 35.5. The number of hydrogen-bond donors (Lipinski definition) is 0. The maximum absolute atomic E-state index is 6.19. The highest BCUT2D eigenvalue weighted by Gasteiger charge is 2.15. The first kappa shape index (κ1) is 14.3. The number of rotatable bonds is 7. The fourth-order valence-electron chi connectivity index (χ4n) is 2.00. The van der Waals surface area contributed by atoms with Gasteiger partial charge >= 0.3 is 0 Å². The van der Waals surface area contributed by atoms with Gasteiger partial charge in [0.1, 0.15) is 11.3 Å². The Hall–Kier alpha value is -1.13. The number of aromatic nitrogens is 3. The van der Waals surface area contributed by atoms with Gasteiger partial charge in [0.2, 0.25) is 0 Å². The summed E-state index contributed by atoms with van der Waals surface area (Å²) in [5, 5.41) is -0.134. The molecule has 1 atom stereocenters. The summed E-state index contributed by atoms with van der Waals surface area (Å²) in [5.74, 6) is 0.856. The van der Waals surface area contributed by atoms with Crippen LogP contribution in [0.25, 0.3) is 11.2 Å². The summed E-state index contributed by atoms with van der Waals surface area (Å²) in [5.41, 5.74) is 1.77. The molecule has 1 unspecified atom stereocenters. The lowest BCUT2D eigenvalue weighted by Crippen LogP contribution is -2.11. The van der Waals surface area contributed by atoms with Gasteiger partial charge in [0.15, 0.2) is 5.65 Å². The van der Waals surface area contributed by atoms with Crippen LogP contribution in [0.3, 0.4) is 0 Å². The molecule has 2 aromatic rings. The van der Waals surface area contributed by atoms with E-state index in [2.05, 4.69) is 21.5 Å². The number of fused-ring (bicyclic) bond motifs is 1. The molecule has 0 fully saturated rings. The van der Waals surface area contributed by atoms with Crippen LogP contribution >= 0.6 is 11.6 Å². The van der Waals surface area contributed by atoms with Crippen molar-refractivity contribution in [3.05, 3.63) is 24.2 Å². The largest absolute Gasteiger partial charge is 0.380 e. The Bertz CT molecular complexity index is 524. The minimum atomic E-state index is -0.134. The molecule has 0 N–H and O–H groups in total. The first-order chi connectivity index (χ1) is 9.24. The zero-order chi connectivity index (χ0) is 13.7. The lowest BCUT2D eigenvalue weighted by Gasteiger charge is -2.10. The lowest BCUT2D eigenvalue weighted by molar-refractivity contribution is 0.123. The van der Waals surface area contributed by atoms with Gasteiger partial charge in [-0.3, -0.25) is 0 Å². The SMILES string of the molecule is CCCCOCCn1c(C(C)Cl)nc2cccnc21. The van der Waals surface area contributed by atoms with Crippen molar-refractivity contribution in [1.29, 1.82) is 0 Å². The van der Waals surface area contributed by atoms with Crippen molar-refractivity contribution in [3.8, 4) is 0 Å². The Labute approximate surface area is 118 Å². The van der Waals surface area contributed by atoms with Crippen molar-refractivity contribution in [2.45, 2.75) is 38.6 Å². The molecular weight excluding hydrogens is 262 g/mol. The molecule has 2 aromatic heterocycles. The van der Waals surface area contributed by atoms with E-state index < -0.39 is 0 Å². The van der Waals surface area contributed by atoms with E-state index in [1.165, 1.54) is 0 Å². The van der Waals surface area contributed by atoms with E-state index in [0.29, 0.717) is 6.61 Å². The summed E-state index contributed by atoms with van der Waals surface area (Å²) in [6.45, 7) is 6.30. The summed E-state index contributed by atoms with van der Waals surface area (Å²) >= 11 is 6.19. The first-order valence-corrected chi connectivity index (χ1v) is 7.20. The third kappa shape index (κ3) is 3.45. The lowest BCUT2D eigenvalue weighted by atomic mass is 10.4. The molecule has 5 heteroatoms. The molecule has 4 nitrogen and oxygen atoms in total. The number of unbranched alkanes of at least 4 members (excludes halogenated alkanes) is 1. The molecule has 0 aliphatic rings. The first-order valence-electron chi connectivity index (χ1n) is 6.77. The second-order valence-electron chi connectivity index (χ2n) is 4.55. The van der Waals surface area contributed by atoms with E-state index in [-0.39, 0.29) is 5.38 Å². The molecule has 2 heterocycles. The molecular formula is C14H20ClN3O. The minimum absolute atomic E-state index is 0.134. The molecule has 104 valence electrons. The predicted octanol–water partition coefficient (Wildman–Crippen LogP) is 3.55. The highest BCUT2D eigenvalue weighted by Crippen LogP contribution is 2.23. The Kier molecular flexibility index (Phi) is 5.16. The van der Waals surface area contributed by atoms with Crippen molar-refractivity contribution in [2.75, 3.05) is 13.2 Å². The topological polar surface area (TPSA) is 39.9 Å². The van der Waals surface area contributed by atoms with Gasteiger partial charge in [0.25, 0.3) is 0 Å². The number of pyridine rings is 1. The Morgan fingerprint density at radius 1 is 1.42 bits per heavy atom. The van der Waals surface area contributed by atoms with E-state index >= 15 is 0 Å². The Morgan fingerprint density at radius 2 is 2.26 bits per heavy atom. The van der Waals surface area contributed by atoms with Crippen molar-refractivity contribution < 1.29 is 4.74 Å². The maximum Gasteiger partial charge on any atom is 0.160 e. The van der Waals surface area contributed by atoms with Crippen LogP contribution in [0.2, 0.25) is 0 Å². The summed E-state index contributed by atoms with van der Waals surface area (Å²) in [6, 6.07) is 3.85. The van der Waals surface area contributed by atoms with Crippen LogP contribution in [0.1, 0.15) is 37.9 Å². The van der Waals surface area contributed by atoms with Crippen LogP contribution in [0.15, 0.2) is 18.3 Å². The average Bonchev–Trinajstić information content (AvgIpc) is 2.78. The molecule has 0 aliphatic heterocycles. The third-order valence-electron chi connectivity index (χ3n) is 2.99. The molecule has 0 radical (unpaired) electrons. The number of ether oxygens (including phenoxy) is 1. The van der Waals surface area contributed by atoms with Gasteiger partial charge in [0.05, 0.1) is 12.0 Å². The molecule has 0 saturated heterocycles. The van der Waals surface area contributed by atoms with Crippen molar-refractivity contribution in [1.82, 2.24) is 14.5 Å². The van der Waals surface area contributed by atoms with Gasteiger partial charge in [-0.2, -0.15) is 0 Å². The van der Waals surface area contributed by atoms with Crippen LogP contribution in [0.5, 0.6) is 0 Å². The quantitative estimate of drug-likeness (QED) is 0.576. The summed E-state index contributed by atoms with van der Waals surface area (Å²) in [4.78, 5) is 8.93.